The predicted octanol–water partition coefficient (Wildman–Crippen LogP) is 6.40. The van der Waals surface area contributed by atoms with Crippen molar-refractivity contribution in [3.8, 4) is 5.75 Å². The monoisotopic (exact) mass is 441 g/mol. The molecule has 3 rings (SSSR count). The van der Waals surface area contributed by atoms with Gasteiger partial charge in [-0.3, -0.25) is 0 Å². The lowest BCUT2D eigenvalue weighted by molar-refractivity contribution is 0.295. The van der Waals surface area contributed by atoms with Crippen molar-refractivity contribution in [2.45, 2.75) is 57.7 Å². The van der Waals surface area contributed by atoms with E-state index in [-0.39, 0.29) is 24.8 Å². The molecule has 2 nitrogen and oxygen atoms in total. The molecule has 0 heterocycles. The first-order valence-corrected chi connectivity index (χ1v) is 9.89. The molecule has 142 valence electrons. The molecular weight excluding hydrogens is 417 g/mol. The third-order valence-corrected chi connectivity index (χ3v) is 5.29. The molecule has 1 aliphatic carbocycles. The zero-order valence-corrected chi connectivity index (χ0v) is 17.3. The number of nitrogens with one attached hydrogen (secondary N) is 1. The average molecular weight is 443 g/mol. The fourth-order valence-corrected chi connectivity index (χ4v) is 3.74. The third kappa shape index (κ3) is 6.26. The van der Waals surface area contributed by atoms with E-state index in [2.05, 4.69) is 27.3 Å². The lowest BCUT2D eigenvalue weighted by Crippen LogP contribution is -2.28. The van der Waals surface area contributed by atoms with E-state index in [4.69, 9.17) is 4.74 Å². The molecule has 0 aromatic heterocycles. The van der Waals surface area contributed by atoms with E-state index in [1.54, 1.807) is 12.1 Å². The maximum atomic E-state index is 13.8. The first-order valence-electron chi connectivity index (χ1n) is 9.10. The van der Waals surface area contributed by atoms with Crippen LogP contribution < -0.4 is 10.1 Å². The molecule has 1 aliphatic rings. The van der Waals surface area contributed by atoms with E-state index in [0.717, 1.165) is 22.3 Å². The first kappa shape index (κ1) is 21.2. The van der Waals surface area contributed by atoms with Crippen LogP contribution in [0.15, 0.2) is 46.9 Å². The highest BCUT2D eigenvalue weighted by Crippen LogP contribution is 2.25. The number of rotatable bonds is 6. The molecule has 0 radical (unpaired) electrons. The highest BCUT2D eigenvalue weighted by atomic mass is 79.9. The summed E-state index contributed by atoms with van der Waals surface area (Å²) >= 11 is 3.54. The van der Waals surface area contributed by atoms with E-state index in [9.17, 15) is 4.39 Å². The number of hydrogen-bond donors (Lipinski definition) is 1. The molecule has 2 aromatic rings. The van der Waals surface area contributed by atoms with Crippen molar-refractivity contribution in [1.29, 1.82) is 0 Å². The molecule has 0 spiro atoms. The Morgan fingerprint density at radius 1 is 1.00 bits per heavy atom. The van der Waals surface area contributed by atoms with E-state index in [1.165, 1.54) is 44.6 Å². The van der Waals surface area contributed by atoms with Gasteiger partial charge in [0.2, 0.25) is 0 Å². The van der Waals surface area contributed by atoms with Gasteiger partial charge in [0.05, 0.1) is 0 Å². The van der Waals surface area contributed by atoms with Crippen molar-refractivity contribution in [3.05, 3.63) is 63.9 Å². The van der Waals surface area contributed by atoms with Crippen molar-refractivity contribution >= 4 is 28.3 Å². The van der Waals surface area contributed by atoms with Gasteiger partial charge in [-0.05, 0) is 37.1 Å². The molecule has 2 aromatic carbocycles. The van der Waals surface area contributed by atoms with Gasteiger partial charge in [0, 0.05) is 28.2 Å². The Bertz CT molecular complexity index is 689. The molecule has 0 saturated heterocycles. The van der Waals surface area contributed by atoms with Crippen molar-refractivity contribution in [2.24, 2.45) is 0 Å². The van der Waals surface area contributed by atoms with Crippen LogP contribution in [-0.4, -0.2) is 6.04 Å². The van der Waals surface area contributed by atoms with E-state index in [0.29, 0.717) is 11.6 Å². The molecule has 26 heavy (non-hydrogen) atoms. The van der Waals surface area contributed by atoms with Crippen LogP contribution in [0.3, 0.4) is 0 Å². The summed E-state index contributed by atoms with van der Waals surface area (Å²) in [6.07, 6.45) is 7.83. The summed E-state index contributed by atoms with van der Waals surface area (Å²) in [7, 11) is 0. The van der Waals surface area contributed by atoms with Crippen LogP contribution in [0.5, 0.6) is 5.75 Å². The number of halogens is 3. The largest absolute Gasteiger partial charge is 0.488 e. The normalized spacial score (nSPS) is 15.2. The van der Waals surface area contributed by atoms with Crippen LogP contribution in [0.1, 0.15) is 49.7 Å². The van der Waals surface area contributed by atoms with E-state index in [1.807, 2.05) is 18.2 Å². The SMILES string of the molecule is Cl.Fc1ccccc1COc1ccc(Br)cc1CNC1CCCCCC1. The van der Waals surface area contributed by atoms with Gasteiger partial charge < -0.3 is 10.1 Å². The van der Waals surface area contributed by atoms with Crippen LogP contribution in [0.4, 0.5) is 4.39 Å². The van der Waals surface area contributed by atoms with Crippen LogP contribution >= 0.6 is 28.3 Å². The second kappa shape index (κ2) is 10.9. The second-order valence-electron chi connectivity index (χ2n) is 6.70. The Kier molecular flexibility index (Phi) is 8.89. The molecule has 0 bridgehead atoms. The minimum absolute atomic E-state index is 0. The molecule has 1 N–H and O–H groups in total. The average Bonchev–Trinajstić information content (AvgIpc) is 2.89. The first-order chi connectivity index (χ1) is 12.2. The Labute approximate surface area is 170 Å². The summed E-state index contributed by atoms with van der Waals surface area (Å²) in [6.45, 7) is 1.02. The minimum Gasteiger partial charge on any atom is -0.488 e. The Morgan fingerprint density at radius 2 is 1.73 bits per heavy atom. The fourth-order valence-electron chi connectivity index (χ4n) is 3.34. The van der Waals surface area contributed by atoms with Gasteiger partial charge >= 0.3 is 0 Å². The molecule has 0 amide bonds. The summed E-state index contributed by atoms with van der Waals surface area (Å²) in [5, 5.41) is 3.68. The van der Waals surface area contributed by atoms with Gasteiger partial charge in [-0.1, -0.05) is 59.8 Å². The van der Waals surface area contributed by atoms with Gasteiger partial charge in [-0.2, -0.15) is 0 Å². The Morgan fingerprint density at radius 3 is 2.46 bits per heavy atom. The third-order valence-electron chi connectivity index (χ3n) is 4.80. The number of benzene rings is 2. The molecule has 5 heteroatoms. The predicted molar refractivity (Wildman–Crippen MR) is 110 cm³/mol. The standard InChI is InChI=1S/C21H25BrFNO.ClH/c22-18-11-12-21(25-15-16-7-5-6-10-20(16)23)17(13-18)14-24-19-8-3-1-2-4-9-19;/h5-7,10-13,19,24H,1-4,8-9,14-15H2;1H. The second-order valence-corrected chi connectivity index (χ2v) is 7.62. The smallest absolute Gasteiger partial charge is 0.129 e. The van der Waals surface area contributed by atoms with Crippen LogP contribution in [-0.2, 0) is 13.2 Å². The summed E-state index contributed by atoms with van der Waals surface area (Å²) in [4.78, 5) is 0. The van der Waals surface area contributed by atoms with Crippen LogP contribution in [0.25, 0.3) is 0 Å². The topological polar surface area (TPSA) is 21.3 Å². The van der Waals surface area contributed by atoms with Crippen molar-refractivity contribution in [1.82, 2.24) is 5.32 Å². The molecular formula is C21H26BrClFNO. The Balaban J connectivity index is 0.00000243. The zero-order valence-electron chi connectivity index (χ0n) is 14.8. The molecule has 0 unspecified atom stereocenters. The van der Waals surface area contributed by atoms with Gasteiger partial charge in [-0.25, -0.2) is 4.39 Å². The van der Waals surface area contributed by atoms with Crippen molar-refractivity contribution in [3.63, 3.8) is 0 Å². The molecule has 0 aliphatic heterocycles. The lowest BCUT2D eigenvalue weighted by atomic mass is 10.1. The number of hydrogen-bond acceptors (Lipinski definition) is 2. The van der Waals surface area contributed by atoms with Crippen LogP contribution in [0.2, 0.25) is 0 Å². The molecule has 0 atom stereocenters. The highest BCUT2D eigenvalue weighted by molar-refractivity contribution is 9.10. The highest BCUT2D eigenvalue weighted by Gasteiger charge is 2.13. The van der Waals surface area contributed by atoms with Gasteiger partial charge in [0.1, 0.15) is 18.2 Å². The summed E-state index contributed by atoms with van der Waals surface area (Å²) in [6, 6.07) is 13.3. The zero-order chi connectivity index (χ0) is 17.5. The van der Waals surface area contributed by atoms with Crippen molar-refractivity contribution in [2.75, 3.05) is 0 Å². The fraction of sp³-hybridized carbons (Fsp3) is 0.429. The van der Waals surface area contributed by atoms with Gasteiger partial charge in [-0.15, -0.1) is 12.4 Å². The van der Waals surface area contributed by atoms with E-state index < -0.39 is 0 Å². The quantitative estimate of drug-likeness (QED) is 0.522. The molecule has 1 saturated carbocycles. The maximum Gasteiger partial charge on any atom is 0.129 e. The maximum absolute atomic E-state index is 13.8. The summed E-state index contributed by atoms with van der Waals surface area (Å²) in [5.41, 5.74) is 1.68. The Hall–Kier alpha value is -1.10. The number of ether oxygens (including phenoxy) is 1. The lowest BCUT2D eigenvalue weighted by Gasteiger charge is -2.18. The minimum atomic E-state index is -0.224. The van der Waals surface area contributed by atoms with E-state index >= 15 is 0 Å². The van der Waals surface area contributed by atoms with Crippen LogP contribution in [0, 0.1) is 5.82 Å². The molecule has 1 fully saturated rings. The van der Waals surface area contributed by atoms with Gasteiger partial charge in [0.25, 0.3) is 0 Å². The van der Waals surface area contributed by atoms with Crippen molar-refractivity contribution < 1.29 is 9.13 Å². The summed E-state index contributed by atoms with van der Waals surface area (Å²) in [5.74, 6) is 0.588. The van der Waals surface area contributed by atoms with Gasteiger partial charge in [0.15, 0.2) is 0 Å². The summed E-state index contributed by atoms with van der Waals surface area (Å²) < 4.78 is 20.7.